The molecule has 2 aromatic rings. The lowest BCUT2D eigenvalue weighted by atomic mass is 9.51. The number of fused-ring (bicyclic) bond motifs is 8. The highest BCUT2D eigenvalue weighted by Gasteiger charge is 2.56. The Balaban J connectivity index is 1.64. The van der Waals surface area contributed by atoms with Gasteiger partial charge in [-0.15, -0.1) is 0 Å². The maximum absolute atomic E-state index is 5.94. The highest BCUT2D eigenvalue weighted by atomic mass is 16.5. The Morgan fingerprint density at radius 2 is 1.10 bits per heavy atom. The SMILES string of the molecule is c1ccc2c(c1)OCC1C2[C@@H]2c3ccccc3OC[C@H]12. The minimum Gasteiger partial charge on any atom is -0.493 e. The minimum absolute atomic E-state index is 0.606. The molecule has 100 valence electrons. The zero-order chi connectivity index (χ0) is 13.1. The Hall–Kier alpha value is -1.96. The van der Waals surface area contributed by atoms with Gasteiger partial charge < -0.3 is 9.47 Å². The summed E-state index contributed by atoms with van der Waals surface area (Å²) >= 11 is 0. The zero-order valence-electron chi connectivity index (χ0n) is 11.2. The Kier molecular flexibility index (Phi) is 2.04. The van der Waals surface area contributed by atoms with Gasteiger partial charge >= 0.3 is 0 Å². The summed E-state index contributed by atoms with van der Waals surface area (Å²) in [7, 11) is 0. The predicted octanol–water partition coefficient (Wildman–Crippen LogP) is 3.58. The Morgan fingerprint density at radius 1 is 0.650 bits per heavy atom. The molecule has 1 aliphatic carbocycles. The van der Waals surface area contributed by atoms with Gasteiger partial charge in [-0.1, -0.05) is 36.4 Å². The molecule has 20 heavy (non-hydrogen) atoms. The van der Waals surface area contributed by atoms with E-state index in [0.29, 0.717) is 23.7 Å². The number of ether oxygens (including phenoxy) is 2. The lowest BCUT2D eigenvalue weighted by Gasteiger charge is -2.56. The summed E-state index contributed by atoms with van der Waals surface area (Å²) in [5, 5.41) is 0. The molecule has 2 heterocycles. The van der Waals surface area contributed by atoms with Crippen LogP contribution < -0.4 is 9.47 Å². The summed E-state index contributed by atoms with van der Waals surface area (Å²) in [6, 6.07) is 17.1. The molecule has 2 aliphatic heterocycles. The number of para-hydroxylation sites is 2. The molecule has 0 N–H and O–H groups in total. The van der Waals surface area contributed by atoms with Crippen molar-refractivity contribution >= 4 is 0 Å². The van der Waals surface area contributed by atoms with Crippen molar-refractivity contribution in [2.24, 2.45) is 11.8 Å². The fraction of sp³-hybridized carbons (Fsp3) is 0.333. The fourth-order valence-corrected chi connectivity index (χ4v) is 4.37. The van der Waals surface area contributed by atoms with E-state index in [-0.39, 0.29) is 0 Å². The Labute approximate surface area is 118 Å². The molecule has 1 saturated carbocycles. The van der Waals surface area contributed by atoms with Crippen molar-refractivity contribution in [3.05, 3.63) is 59.7 Å². The van der Waals surface area contributed by atoms with E-state index in [2.05, 4.69) is 48.5 Å². The first-order valence-electron chi connectivity index (χ1n) is 7.37. The number of hydrogen-bond donors (Lipinski definition) is 0. The average molecular weight is 264 g/mol. The van der Waals surface area contributed by atoms with Gasteiger partial charge in [0.1, 0.15) is 11.5 Å². The molecule has 5 rings (SSSR count). The molecule has 2 heteroatoms. The van der Waals surface area contributed by atoms with Crippen molar-refractivity contribution in [1.29, 1.82) is 0 Å². The lowest BCUT2D eigenvalue weighted by Crippen LogP contribution is -2.52. The summed E-state index contributed by atoms with van der Waals surface area (Å²) in [5.74, 6) is 4.60. The molecule has 0 spiro atoms. The summed E-state index contributed by atoms with van der Waals surface area (Å²) in [4.78, 5) is 0. The lowest BCUT2D eigenvalue weighted by molar-refractivity contribution is -0.0197. The normalized spacial score (nSPS) is 32.4. The molecule has 4 atom stereocenters. The van der Waals surface area contributed by atoms with Crippen LogP contribution in [-0.4, -0.2) is 13.2 Å². The van der Waals surface area contributed by atoms with Gasteiger partial charge in [0.05, 0.1) is 13.2 Å². The maximum atomic E-state index is 5.94. The molecule has 0 aromatic heterocycles. The molecule has 2 nitrogen and oxygen atoms in total. The van der Waals surface area contributed by atoms with Gasteiger partial charge in [0.15, 0.2) is 0 Å². The third-order valence-electron chi connectivity index (χ3n) is 5.28. The van der Waals surface area contributed by atoms with E-state index < -0.39 is 0 Å². The van der Waals surface area contributed by atoms with Gasteiger partial charge in [0, 0.05) is 23.7 Å². The molecule has 0 radical (unpaired) electrons. The van der Waals surface area contributed by atoms with Crippen LogP contribution in [0.1, 0.15) is 23.0 Å². The quantitative estimate of drug-likeness (QED) is 0.724. The van der Waals surface area contributed by atoms with Crippen LogP contribution in [0.3, 0.4) is 0 Å². The van der Waals surface area contributed by atoms with E-state index in [4.69, 9.17) is 9.47 Å². The van der Waals surface area contributed by atoms with Crippen molar-refractivity contribution in [2.45, 2.75) is 11.8 Å². The smallest absolute Gasteiger partial charge is 0.122 e. The third-order valence-corrected chi connectivity index (χ3v) is 5.28. The highest BCUT2D eigenvalue weighted by Crippen LogP contribution is 2.63. The van der Waals surface area contributed by atoms with Gasteiger partial charge in [-0.2, -0.15) is 0 Å². The Morgan fingerprint density at radius 3 is 1.60 bits per heavy atom. The molecule has 0 bridgehead atoms. The van der Waals surface area contributed by atoms with Crippen molar-refractivity contribution in [3.8, 4) is 11.5 Å². The standard InChI is InChI=1S/C18H16O2/c1-3-7-15-11(5-1)17-13(9-19-15)14-10-20-16-8-4-2-6-12(16)18(14)17/h1-8,13-14,17-18H,9-10H2/t13-,14?,17-,18?/m1/s1. The molecule has 2 unspecified atom stereocenters. The van der Waals surface area contributed by atoms with Crippen LogP contribution in [-0.2, 0) is 0 Å². The molecule has 0 amide bonds. The van der Waals surface area contributed by atoms with Gasteiger partial charge in [-0.25, -0.2) is 0 Å². The van der Waals surface area contributed by atoms with Crippen molar-refractivity contribution in [1.82, 2.24) is 0 Å². The first-order chi connectivity index (χ1) is 9.93. The highest BCUT2D eigenvalue weighted by molar-refractivity contribution is 5.49. The van der Waals surface area contributed by atoms with Crippen molar-refractivity contribution in [3.63, 3.8) is 0 Å². The second kappa shape index (κ2) is 3.78. The summed E-state index contributed by atoms with van der Waals surface area (Å²) in [6.07, 6.45) is 0. The van der Waals surface area contributed by atoms with Crippen molar-refractivity contribution < 1.29 is 9.47 Å². The van der Waals surface area contributed by atoms with Crippen LogP contribution >= 0.6 is 0 Å². The fourth-order valence-electron chi connectivity index (χ4n) is 4.37. The third kappa shape index (κ3) is 1.24. The number of rotatable bonds is 0. The topological polar surface area (TPSA) is 18.5 Å². The van der Waals surface area contributed by atoms with Crippen LogP contribution in [0.15, 0.2) is 48.5 Å². The van der Waals surface area contributed by atoms with Gasteiger partial charge in [-0.3, -0.25) is 0 Å². The van der Waals surface area contributed by atoms with Crippen LogP contribution in [0.5, 0.6) is 11.5 Å². The minimum atomic E-state index is 0.606. The van der Waals surface area contributed by atoms with Crippen molar-refractivity contribution in [2.75, 3.05) is 13.2 Å². The second-order valence-electron chi connectivity index (χ2n) is 6.08. The van der Waals surface area contributed by atoms with Gasteiger partial charge in [0.2, 0.25) is 0 Å². The van der Waals surface area contributed by atoms with Crippen LogP contribution in [0.4, 0.5) is 0 Å². The second-order valence-corrected chi connectivity index (χ2v) is 6.08. The van der Waals surface area contributed by atoms with Crippen LogP contribution in [0.25, 0.3) is 0 Å². The van der Waals surface area contributed by atoms with E-state index in [9.17, 15) is 0 Å². The predicted molar refractivity (Wildman–Crippen MR) is 76.3 cm³/mol. The average Bonchev–Trinajstić information content (AvgIpc) is 2.49. The Bertz CT molecular complexity index is 619. The van der Waals surface area contributed by atoms with E-state index in [0.717, 1.165) is 24.7 Å². The molecular formula is C18H16O2. The first kappa shape index (κ1) is 10.8. The van der Waals surface area contributed by atoms with E-state index >= 15 is 0 Å². The molecule has 3 aliphatic rings. The molecular weight excluding hydrogens is 248 g/mol. The van der Waals surface area contributed by atoms with Crippen LogP contribution in [0, 0.1) is 11.8 Å². The summed E-state index contributed by atoms with van der Waals surface area (Å²) in [5.41, 5.74) is 2.78. The monoisotopic (exact) mass is 264 g/mol. The van der Waals surface area contributed by atoms with E-state index in [1.807, 2.05) is 0 Å². The molecule has 2 aromatic carbocycles. The van der Waals surface area contributed by atoms with E-state index in [1.165, 1.54) is 11.1 Å². The van der Waals surface area contributed by atoms with E-state index in [1.54, 1.807) is 0 Å². The first-order valence-corrected chi connectivity index (χ1v) is 7.37. The van der Waals surface area contributed by atoms with Crippen LogP contribution in [0.2, 0.25) is 0 Å². The molecule has 1 fully saturated rings. The molecule has 0 saturated heterocycles. The summed E-state index contributed by atoms with van der Waals surface area (Å²) < 4.78 is 11.9. The number of benzene rings is 2. The summed E-state index contributed by atoms with van der Waals surface area (Å²) in [6.45, 7) is 1.68. The maximum Gasteiger partial charge on any atom is 0.122 e. The van der Waals surface area contributed by atoms with Gasteiger partial charge in [0.25, 0.3) is 0 Å². The number of hydrogen-bond acceptors (Lipinski definition) is 2. The zero-order valence-corrected chi connectivity index (χ0v) is 11.2. The van der Waals surface area contributed by atoms with Gasteiger partial charge in [-0.05, 0) is 23.3 Å². The largest absolute Gasteiger partial charge is 0.493 e.